The lowest BCUT2D eigenvalue weighted by Gasteiger charge is -2.13. The van der Waals surface area contributed by atoms with Crippen molar-refractivity contribution in [1.82, 2.24) is 15.0 Å². The molecule has 0 saturated heterocycles. The van der Waals surface area contributed by atoms with Crippen LogP contribution in [-0.2, 0) is 0 Å². The first kappa shape index (κ1) is 35.9. The van der Waals surface area contributed by atoms with E-state index in [1.807, 2.05) is 30.3 Å². The van der Waals surface area contributed by atoms with E-state index in [0.717, 1.165) is 83.1 Å². The van der Waals surface area contributed by atoms with Crippen LogP contribution in [0.3, 0.4) is 0 Å². The minimum Gasteiger partial charge on any atom is -0.456 e. The Morgan fingerprint density at radius 2 is 0.541 bits per heavy atom. The zero-order valence-corrected chi connectivity index (χ0v) is 33.1. The molecular formula is C57H37N3O. The summed E-state index contributed by atoms with van der Waals surface area (Å²) < 4.78 is 6.34. The Bertz CT molecular complexity index is 3300. The van der Waals surface area contributed by atoms with E-state index in [1.165, 1.54) is 11.1 Å². The smallest absolute Gasteiger partial charge is 0.164 e. The average molecular weight is 780 g/mol. The van der Waals surface area contributed by atoms with E-state index in [9.17, 15) is 0 Å². The molecule has 4 heteroatoms. The molecule has 0 saturated carbocycles. The Balaban J connectivity index is 1.03. The van der Waals surface area contributed by atoms with Gasteiger partial charge in [0.2, 0.25) is 0 Å². The molecule has 11 aromatic rings. The van der Waals surface area contributed by atoms with Crippen LogP contribution in [0.2, 0.25) is 0 Å². The topological polar surface area (TPSA) is 51.8 Å². The first-order valence-corrected chi connectivity index (χ1v) is 20.5. The molecule has 286 valence electrons. The van der Waals surface area contributed by atoms with Gasteiger partial charge in [0.15, 0.2) is 17.5 Å². The van der Waals surface area contributed by atoms with Gasteiger partial charge in [-0.2, -0.15) is 0 Å². The number of benzene rings is 9. The van der Waals surface area contributed by atoms with Crippen LogP contribution in [-0.4, -0.2) is 15.0 Å². The van der Waals surface area contributed by atoms with Crippen LogP contribution >= 0.6 is 0 Å². The molecule has 2 aromatic heterocycles. The lowest BCUT2D eigenvalue weighted by molar-refractivity contribution is 0.669. The molecule has 0 amide bonds. The normalized spacial score (nSPS) is 11.3. The molecule has 0 atom stereocenters. The highest BCUT2D eigenvalue weighted by molar-refractivity contribution is 6.06. The molecular weight excluding hydrogens is 743 g/mol. The number of nitrogens with zero attached hydrogens (tertiary/aromatic N) is 3. The van der Waals surface area contributed by atoms with Gasteiger partial charge in [-0.25, -0.2) is 15.0 Å². The van der Waals surface area contributed by atoms with Gasteiger partial charge in [-0.15, -0.1) is 0 Å². The number of para-hydroxylation sites is 1. The van der Waals surface area contributed by atoms with Crippen LogP contribution in [0.25, 0.3) is 112 Å². The third-order valence-corrected chi connectivity index (χ3v) is 11.4. The lowest BCUT2D eigenvalue weighted by atomic mass is 9.95. The Hall–Kier alpha value is -8.21. The van der Waals surface area contributed by atoms with E-state index in [2.05, 4.69) is 194 Å². The zero-order chi connectivity index (χ0) is 40.5. The number of hydrogen-bond acceptors (Lipinski definition) is 4. The summed E-state index contributed by atoms with van der Waals surface area (Å²) in [6, 6.07) is 78.3. The Labute approximate surface area is 354 Å². The van der Waals surface area contributed by atoms with Crippen molar-refractivity contribution in [2.45, 2.75) is 0 Å². The molecule has 0 spiro atoms. The van der Waals surface area contributed by atoms with Gasteiger partial charge in [-0.05, 0) is 92.0 Å². The minimum atomic E-state index is 0.594. The van der Waals surface area contributed by atoms with Crippen LogP contribution in [0, 0.1) is 0 Å². The zero-order valence-electron chi connectivity index (χ0n) is 33.1. The van der Waals surface area contributed by atoms with Crippen LogP contribution in [0.5, 0.6) is 0 Å². The van der Waals surface area contributed by atoms with Gasteiger partial charge < -0.3 is 4.42 Å². The van der Waals surface area contributed by atoms with E-state index < -0.39 is 0 Å². The van der Waals surface area contributed by atoms with Gasteiger partial charge in [-0.3, -0.25) is 0 Å². The van der Waals surface area contributed by atoms with Crippen molar-refractivity contribution in [3.05, 3.63) is 224 Å². The third kappa shape index (κ3) is 7.17. The van der Waals surface area contributed by atoms with Gasteiger partial charge in [0.05, 0.1) is 0 Å². The van der Waals surface area contributed by atoms with Crippen LogP contribution in [0.4, 0.5) is 0 Å². The fourth-order valence-electron chi connectivity index (χ4n) is 8.13. The molecule has 0 aliphatic rings. The molecule has 0 aliphatic heterocycles. The Morgan fingerprint density at radius 1 is 0.213 bits per heavy atom. The molecule has 61 heavy (non-hydrogen) atoms. The number of fused-ring (bicyclic) bond motifs is 3. The average Bonchev–Trinajstić information content (AvgIpc) is 3.73. The molecule has 0 bridgehead atoms. The van der Waals surface area contributed by atoms with Crippen molar-refractivity contribution in [3.8, 4) is 89.8 Å². The summed E-state index contributed by atoms with van der Waals surface area (Å²) in [5.74, 6) is 1.81. The van der Waals surface area contributed by atoms with E-state index in [4.69, 9.17) is 19.4 Å². The maximum atomic E-state index is 6.34. The van der Waals surface area contributed by atoms with Crippen molar-refractivity contribution >= 4 is 21.9 Å². The molecule has 2 heterocycles. The third-order valence-electron chi connectivity index (χ3n) is 11.4. The Kier molecular flexibility index (Phi) is 9.14. The highest BCUT2D eigenvalue weighted by Crippen LogP contribution is 2.37. The lowest BCUT2D eigenvalue weighted by Crippen LogP contribution is -2.00. The number of rotatable bonds is 8. The van der Waals surface area contributed by atoms with Crippen LogP contribution in [0.15, 0.2) is 229 Å². The molecule has 0 aliphatic carbocycles. The fourth-order valence-corrected chi connectivity index (χ4v) is 8.13. The standard InChI is InChI=1S/C57H37N3O/c1-4-12-38(13-5-1)41-20-22-43(23-21-41)44-26-30-46(31-27-44)56-58-55(45-28-24-42(25-29-45)39-14-6-2-7-15-39)59-57(60-56)50-35-48(40-16-8-3-9-17-40)34-49(36-50)47-32-33-52-51-18-10-11-19-53(51)61-54(52)37-47/h1-37H. The van der Waals surface area contributed by atoms with E-state index >= 15 is 0 Å². The largest absolute Gasteiger partial charge is 0.456 e. The summed E-state index contributed by atoms with van der Waals surface area (Å²) in [5.41, 5.74) is 15.7. The van der Waals surface area contributed by atoms with Gasteiger partial charge in [-0.1, -0.05) is 188 Å². The molecule has 0 N–H and O–H groups in total. The van der Waals surface area contributed by atoms with Gasteiger partial charge in [0.25, 0.3) is 0 Å². The van der Waals surface area contributed by atoms with E-state index in [0.29, 0.717) is 17.5 Å². The molecule has 9 aromatic carbocycles. The number of furan rings is 1. The molecule has 0 radical (unpaired) electrons. The van der Waals surface area contributed by atoms with Crippen LogP contribution < -0.4 is 0 Å². The highest BCUT2D eigenvalue weighted by Gasteiger charge is 2.17. The minimum absolute atomic E-state index is 0.594. The monoisotopic (exact) mass is 779 g/mol. The summed E-state index contributed by atoms with van der Waals surface area (Å²) in [6.45, 7) is 0. The maximum Gasteiger partial charge on any atom is 0.164 e. The summed E-state index contributed by atoms with van der Waals surface area (Å²) in [7, 11) is 0. The molecule has 11 rings (SSSR count). The fraction of sp³-hybridized carbons (Fsp3) is 0. The van der Waals surface area contributed by atoms with Crippen molar-refractivity contribution in [2.24, 2.45) is 0 Å². The van der Waals surface area contributed by atoms with Crippen molar-refractivity contribution in [1.29, 1.82) is 0 Å². The first-order chi connectivity index (χ1) is 30.2. The second kappa shape index (κ2) is 15.5. The number of aromatic nitrogens is 3. The maximum absolute atomic E-state index is 6.34. The summed E-state index contributed by atoms with van der Waals surface area (Å²) in [5, 5.41) is 2.21. The highest BCUT2D eigenvalue weighted by atomic mass is 16.3. The summed E-state index contributed by atoms with van der Waals surface area (Å²) in [6.07, 6.45) is 0. The number of hydrogen-bond donors (Lipinski definition) is 0. The second-order valence-corrected chi connectivity index (χ2v) is 15.2. The summed E-state index contributed by atoms with van der Waals surface area (Å²) >= 11 is 0. The quantitative estimate of drug-likeness (QED) is 0.154. The van der Waals surface area contributed by atoms with E-state index in [-0.39, 0.29) is 0 Å². The SMILES string of the molecule is c1ccc(-c2ccc(-c3ccc(-c4nc(-c5ccc(-c6ccccc6)cc5)nc(-c5cc(-c6ccccc6)cc(-c6ccc7c(c6)oc6ccccc67)c5)n4)cc3)cc2)cc1. The van der Waals surface area contributed by atoms with Gasteiger partial charge >= 0.3 is 0 Å². The first-order valence-electron chi connectivity index (χ1n) is 20.5. The van der Waals surface area contributed by atoms with Crippen LogP contribution in [0.1, 0.15) is 0 Å². The van der Waals surface area contributed by atoms with E-state index in [1.54, 1.807) is 0 Å². The Morgan fingerprint density at radius 3 is 1.03 bits per heavy atom. The van der Waals surface area contributed by atoms with Crippen molar-refractivity contribution in [3.63, 3.8) is 0 Å². The summed E-state index contributed by atoms with van der Waals surface area (Å²) in [4.78, 5) is 15.6. The van der Waals surface area contributed by atoms with Gasteiger partial charge in [0, 0.05) is 27.5 Å². The molecule has 4 nitrogen and oxygen atoms in total. The van der Waals surface area contributed by atoms with Gasteiger partial charge in [0.1, 0.15) is 11.2 Å². The predicted molar refractivity (Wildman–Crippen MR) is 251 cm³/mol. The van der Waals surface area contributed by atoms with Crippen molar-refractivity contribution < 1.29 is 4.42 Å². The second-order valence-electron chi connectivity index (χ2n) is 15.2. The molecule has 0 unspecified atom stereocenters. The molecule has 0 fully saturated rings. The predicted octanol–water partition coefficient (Wildman–Crippen LogP) is 15.1. The van der Waals surface area contributed by atoms with Crippen molar-refractivity contribution in [2.75, 3.05) is 0 Å².